The number of anilines is 1. The number of hydrogen-bond acceptors (Lipinski definition) is 11. The van der Waals surface area contributed by atoms with Crippen LogP contribution in [0.2, 0.25) is 0 Å². The van der Waals surface area contributed by atoms with Gasteiger partial charge in [0.15, 0.2) is 17.5 Å². The minimum atomic E-state index is -1.53. The number of nitrogen functional groups attached to an aromatic ring is 1. The molecule has 0 spiro atoms. The third kappa shape index (κ3) is 6.59. The monoisotopic (exact) mass is 598 g/mol. The molecule has 0 radical (unpaired) electrons. The van der Waals surface area contributed by atoms with Gasteiger partial charge in [0, 0.05) is 31.8 Å². The third-order valence-electron chi connectivity index (χ3n) is 6.59. The summed E-state index contributed by atoms with van der Waals surface area (Å²) in [7, 11) is 3.07. The Hall–Kier alpha value is -4.98. The SMILES string of the molecule is CCOC(=O)C(C(C)O)N(C)c1c(F)c(Oc2cccc(C3=NCCN3C)c2)nc(Oc2cc(C(=N)N)ccc2O)c1F. The van der Waals surface area contributed by atoms with Gasteiger partial charge in [0.2, 0.25) is 11.6 Å². The van der Waals surface area contributed by atoms with Gasteiger partial charge in [-0.15, -0.1) is 0 Å². The highest BCUT2D eigenvalue weighted by Crippen LogP contribution is 2.40. The molecule has 0 amide bonds. The van der Waals surface area contributed by atoms with Crippen molar-refractivity contribution in [3.8, 4) is 29.0 Å². The van der Waals surface area contributed by atoms with Crippen molar-refractivity contribution in [3.05, 3.63) is 65.2 Å². The molecule has 4 rings (SSSR count). The molecular weight excluding hydrogens is 566 g/mol. The quantitative estimate of drug-likeness (QED) is 0.146. The van der Waals surface area contributed by atoms with E-state index < -0.39 is 52.9 Å². The van der Waals surface area contributed by atoms with Crippen molar-refractivity contribution < 1.29 is 38.0 Å². The summed E-state index contributed by atoms with van der Waals surface area (Å²) in [6.45, 7) is 4.12. The number of carbonyl (C=O) groups excluding carboxylic acids is 1. The molecule has 3 aromatic rings. The van der Waals surface area contributed by atoms with Gasteiger partial charge in [0.1, 0.15) is 23.1 Å². The number of nitrogens with zero attached hydrogens (tertiary/aromatic N) is 4. The van der Waals surface area contributed by atoms with Crippen LogP contribution in [-0.4, -0.2) is 83.7 Å². The number of ether oxygens (including phenoxy) is 3. The number of aromatic nitrogens is 1. The standard InChI is InChI=1S/C29H32F2N6O6/c1-5-41-29(40)23(15(2)38)37(4)24-21(30)27(42-18-8-6-7-17(13-18)26-34-11-12-36(26)3)35-28(22(24)31)43-20-14-16(25(32)33)9-10-19(20)39/h6-10,13-15,23,38-39H,5,11-12H2,1-4H3,(H3,32,33). The zero-order valence-corrected chi connectivity index (χ0v) is 24.0. The molecule has 0 saturated heterocycles. The molecule has 5 N–H and O–H groups in total. The van der Waals surface area contributed by atoms with Crippen LogP contribution in [0.5, 0.6) is 29.0 Å². The van der Waals surface area contributed by atoms with Crippen LogP contribution in [0.4, 0.5) is 14.5 Å². The fourth-order valence-corrected chi connectivity index (χ4v) is 4.50. The van der Waals surface area contributed by atoms with Crippen LogP contribution in [0.1, 0.15) is 25.0 Å². The van der Waals surface area contributed by atoms with Crippen LogP contribution in [0, 0.1) is 17.0 Å². The first-order valence-electron chi connectivity index (χ1n) is 13.3. The maximum Gasteiger partial charge on any atom is 0.331 e. The van der Waals surface area contributed by atoms with Crippen LogP contribution in [0.3, 0.4) is 0 Å². The number of phenols is 1. The number of halogens is 2. The molecule has 2 unspecified atom stereocenters. The molecule has 2 aromatic carbocycles. The second kappa shape index (κ2) is 12.9. The molecule has 0 fully saturated rings. The Morgan fingerprint density at radius 1 is 1.19 bits per heavy atom. The lowest BCUT2D eigenvalue weighted by Gasteiger charge is -2.31. The molecule has 2 heterocycles. The first kappa shape index (κ1) is 31.0. The Morgan fingerprint density at radius 2 is 1.88 bits per heavy atom. The summed E-state index contributed by atoms with van der Waals surface area (Å²) >= 11 is 0. The van der Waals surface area contributed by atoms with Crippen molar-refractivity contribution >= 4 is 23.3 Å². The number of carbonyl (C=O) groups is 1. The number of nitrogens with two attached hydrogens (primary N) is 1. The van der Waals surface area contributed by atoms with Crippen molar-refractivity contribution in [1.82, 2.24) is 9.88 Å². The predicted octanol–water partition coefficient (Wildman–Crippen LogP) is 3.37. The van der Waals surface area contributed by atoms with Crippen molar-refractivity contribution in [3.63, 3.8) is 0 Å². The van der Waals surface area contributed by atoms with Gasteiger partial charge >= 0.3 is 5.97 Å². The Bertz CT molecular complexity index is 1570. The second-order valence-corrected chi connectivity index (χ2v) is 9.70. The maximum absolute atomic E-state index is 16.1. The highest BCUT2D eigenvalue weighted by atomic mass is 19.1. The van der Waals surface area contributed by atoms with Gasteiger partial charge in [-0.25, -0.2) is 4.79 Å². The first-order valence-corrected chi connectivity index (χ1v) is 13.3. The molecular formula is C29H32F2N6O6. The Balaban J connectivity index is 1.84. The van der Waals surface area contributed by atoms with Crippen molar-refractivity contribution in [2.45, 2.75) is 26.0 Å². The van der Waals surface area contributed by atoms with Gasteiger partial charge in [-0.2, -0.15) is 13.8 Å². The van der Waals surface area contributed by atoms with Gasteiger partial charge in [0.25, 0.3) is 11.8 Å². The van der Waals surface area contributed by atoms with Crippen LogP contribution in [0.25, 0.3) is 0 Å². The fourth-order valence-electron chi connectivity index (χ4n) is 4.50. The normalized spacial score (nSPS) is 14.1. The molecule has 228 valence electrons. The van der Waals surface area contributed by atoms with Gasteiger partial charge in [-0.05, 0) is 44.2 Å². The number of phenolic OH excluding ortho intramolecular Hbond substituents is 1. The molecule has 43 heavy (non-hydrogen) atoms. The lowest BCUT2D eigenvalue weighted by atomic mass is 10.1. The van der Waals surface area contributed by atoms with E-state index in [1.807, 2.05) is 11.9 Å². The molecule has 2 atom stereocenters. The zero-order valence-electron chi connectivity index (χ0n) is 24.0. The number of aliphatic hydroxyl groups is 1. The number of esters is 1. The first-order chi connectivity index (χ1) is 20.4. The smallest absolute Gasteiger partial charge is 0.331 e. The number of aromatic hydroxyl groups is 1. The Kier molecular flexibility index (Phi) is 9.29. The minimum Gasteiger partial charge on any atom is -0.504 e. The number of amidine groups is 2. The second-order valence-electron chi connectivity index (χ2n) is 9.70. The molecule has 0 aliphatic carbocycles. The van der Waals surface area contributed by atoms with Crippen molar-refractivity contribution in [1.29, 1.82) is 5.41 Å². The zero-order chi connectivity index (χ0) is 31.4. The molecule has 0 bridgehead atoms. The highest BCUT2D eigenvalue weighted by Gasteiger charge is 2.36. The molecule has 1 aliphatic heterocycles. The van der Waals surface area contributed by atoms with Crippen LogP contribution < -0.4 is 20.1 Å². The molecule has 0 saturated carbocycles. The average Bonchev–Trinajstić information content (AvgIpc) is 3.38. The van der Waals surface area contributed by atoms with Crippen LogP contribution >= 0.6 is 0 Å². The summed E-state index contributed by atoms with van der Waals surface area (Å²) in [4.78, 5) is 23.9. The van der Waals surface area contributed by atoms with Gasteiger partial charge < -0.3 is 40.0 Å². The minimum absolute atomic E-state index is 0.0392. The van der Waals surface area contributed by atoms with E-state index in [4.69, 9.17) is 25.4 Å². The largest absolute Gasteiger partial charge is 0.504 e. The van der Waals surface area contributed by atoms with E-state index >= 15 is 8.78 Å². The van der Waals surface area contributed by atoms with E-state index in [0.29, 0.717) is 17.9 Å². The van der Waals surface area contributed by atoms with Crippen molar-refractivity contribution in [2.24, 2.45) is 10.7 Å². The summed E-state index contributed by atoms with van der Waals surface area (Å²) in [5.74, 6) is -5.46. The third-order valence-corrected chi connectivity index (χ3v) is 6.59. The van der Waals surface area contributed by atoms with E-state index in [2.05, 4.69) is 9.98 Å². The molecule has 12 nitrogen and oxygen atoms in total. The van der Waals surface area contributed by atoms with E-state index in [9.17, 15) is 15.0 Å². The number of aliphatic hydroxyl groups excluding tert-OH is 1. The van der Waals surface area contributed by atoms with E-state index in [0.717, 1.165) is 11.4 Å². The van der Waals surface area contributed by atoms with Crippen molar-refractivity contribution in [2.75, 3.05) is 38.7 Å². The molecule has 1 aromatic heterocycles. The number of nitrogens with one attached hydrogen (secondary N) is 1. The molecule has 14 heteroatoms. The average molecular weight is 599 g/mol. The number of likely N-dealkylation sites (N-methyl/N-ethyl adjacent to an activating group) is 2. The Labute approximate surface area is 246 Å². The van der Waals surface area contributed by atoms with Crippen LogP contribution in [0.15, 0.2) is 47.5 Å². The summed E-state index contributed by atoms with van der Waals surface area (Å²) < 4.78 is 48.5. The highest BCUT2D eigenvalue weighted by molar-refractivity contribution is 6.00. The molecule has 1 aliphatic rings. The van der Waals surface area contributed by atoms with Crippen LogP contribution in [-0.2, 0) is 9.53 Å². The number of aliphatic imine (C=N–C) groups is 1. The fraction of sp³-hybridized carbons (Fsp3) is 0.310. The number of pyridine rings is 1. The summed E-state index contributed by atoms with van der Waals surface area (Å²) in [5, 5.41) is 28.4. The topological polar surface area (TPSA) is 167 Å². The van der Waals surface area contributed by atoms with Gasteiger partial charge in [-0.3, -0.25) is 10.4 Å². The van der Waals surface area contributed by atoms with E-state index in [1.54, 1.807) is 25.1 Å². The van der Waals surface area contributed by atoms with E-state index in [-0.39, 0.29) is 29.5 Å². The summed E-state index contributed by atoms with van der Waals surface area (Å²) in [5.41, 5.74) is 5.55. The van der Waals surface area contributed by atoms with E-state index in [1.165, 1.54) is 38.2 Å². The predicted molar refractivity (Wildman–Crippen MR) is 154 cm³/mol. The number of hydrogen-bond donors (Lipinski definition) is 4. The lowest BCUT2D eigenvalue weighted by molar-refractivity contribution is -0.147. The lowest BCUT2D eigenvalue weighted by Crippen LogP contribution is -2.47. The Morgan fingerprint density at radius 3 is 2.49 bits per heavy atom. The van der Waals surface area contributed by atoms with Gasteiger partial charge in [0.05, 0.1) is 19.3 Å². The number of benzene rings is 2. The van der Waals surface area contributed by atoms with Gasteiger partial charge in [-0.1, -0.05) is 12.1 Å². The summed E-state index contributed by atoms with van der Waals surface area (Å²) in [6, 6.07) is 8.77. The number of rotatable bonds is 11. The maximum atomic E-state index is 16.1. The summed E-state index contributed by atoms with van der Waals surface area (Å²) in [6.07, 6.45) is -1.41.